The minimum absolute atomic E-state index is 0.250. The normalized spacial score (nSPS) is 21.5. The van der Waals surface area contributed by atoms with Crippen molar-refractivity contribution in [3.8, 4) is 5.75 Å². The van der Waals surface area contributed by atoms with Crippen molar-refractivity contribution in [3.63, 3.8) is 0 Å². The van der Waals surface area contributed by atoms with E-state index in [1.807, 2.05) is 6.26 Å². The molecule has 1 aromatic rings. The van der Waals surface area contributed by atoms with Gasteiger partial charge in [0.1, 0.15) is 10.1 Å². The zero-order valence-corrected chi connectivity index (χ0v) is 17.4. The average molecular weight is 435 g/mol. The third-order valence-corrected chi connectivity index (χ3v) is 7.45. The highest BCUT2D eigenvalue weighted by Crippen LogP contribution is 2.44. The van der Waals surface area contributed by atoms with E-state index in [0.717, 1.165) is 21.8 Å². The Morgan fingerprint density at radius 2 is 1.89 bits per heavy atom. The van der Waals surface area contributed by atoms with Crippen molar-refractivity contribution in [1.29, 1.82) is 0 Å². The number of benzene rings is 1. The van der Waals surface area contributed by atoms with Gasteiger partial charge in [-0.05, 0) is 48.8 Å². The predicted molar refractivity (Wildman–Crippen MR) is 111 cm³/mol. The number of aliphatic imine (C=N–C) groups is 1. The van der Waals surface area contributed by atoms with Gasteiger partial charge in [-0.3, -0.25) is 0 Å². The van der Waals surface area contributed by atoms with Gasteiger partial charge in [-0.1, -0.05) is 55.0 Å². The van der Waals surface area contributed by atoms with Crippen LogP contribution in [-0.4, -0.2) is 39.3 Å². The number of thiocarbonyl (C=S) groups is 1. The van der Waals surface area contributed by atoms with Crippen LogP contribution in [0.3, 0.4) is 0 Å². The third kappa shape index (κ3) is 5.54. The van der Waals surface area contributed by atoms with Crippen LogP contribution >= 0.6 is 35.7 Å². The second-order valence-electron chi connectivity index (χ2n) is 6.84. The fraction of sp³-hybridized carbons (Fsp3) is 0.556. The van der Waals surface area contributed by atoms with E-state index in [2.05, 4.69) is 14.6 Å². The quantitative estimate of drug-likeness (QED) is 0.515. The molecule has 0 aromatic heterocycles. The van der Waals surface area contributed by atoms with E-state index < -0.39 is 6.36 Å². The van der Waals surface area contributed by atoms with Gasteiger partial charge in [0, 0.05) is 12.3 Å². The first-order valence-electron chi connectivity index (χ1n) is 8.73. The summed E-state index contributed by atoms with van der Waals surface area (Å²) in [5.74, 6) is 0.759. The molecular weight excluding hydrogens is 413 g/mol. The third-order valence-electron chi connectivity index (χ3n) is 4.84. The molecular formula is C18H21F3N2OS3. The van der Waals surface area contributed by atoms with Gasteiger partial charge in [-0.25, -0.2) is 4.99 Å². The van der Waals surface area contributed by atoms with Crippen LogP contribution < -0.4 is 4.74 Å². The van der Waals surface area contributed by atoms with Crippen molar-refractivity contribution in [2.24, 2.45) is 10.4 Å². The van der Waals surface area contributed by atoms with Crippen LogP contribution in [0.5, 0.6) is 5.75 Å². The van der Waals surface area contributed by atoms with E-state index in [-0.39, 0.29) is 11.2 Å². The summed E-state index contributed by atoms with van der Waals surface area (Å²) in [5, 5.41) is 0.815. The number of hydrogen-bond donors (Lipinski definition) is 0. The van der Waals surface area contributed by atoms with Crippen LogP contribution in [0.2, 0.25) is 0 Å². The first-order valence-corrected chi connectivity index (χ1v) is 11.3. The number of amidine groups is 1. The molecule has 2 aliphatic rings. The molecule has 0 atom stereocenters. The maximum atomic E-state index is 12.3. The molecule has 1 aromatic carbocycles. The minimum Gasteiger partial charge on any atom is -0.406 e. The first kappa shape index (κ1) is 20.8. The summed E-state index contributed by atoms with van der Waals surface area (Å²) in [7, 11) is 0. The van der Waals surface area contributed by atoms with E-state index in [1.165, 1.54) is 68.1 Å². The Balaban J connectivity index is 1.78. The van der Waals surface area contributed by atoms with Gasteiger partial charge in [-0.15, -0.1) is 13.2 Å². The van der Waals surface area contributed by atoms with Crippen LogP contribution in [0.4, 0.5) is 18.9 Å². The highest BCUT2D eigenvalue weighted by atomic mass is 32.2. The first-order chi connectivity index (χ1) is 12.8. The molecule has 0 radical (unpaired) electrons. The van der Waals surface area contributed by atoms with Gasteiger partial charge < -0.3 is 9.64 Å². The summed E-state index contributed by atoms with van der Waals surface area (Å²) in [6.45, 7) is 0.869. The Hall–Kier alpha value is -0.930. The van der Waals surface area contributed by atoms with Crippen molar-refractivity contribution in [2.45, 2.75) is 38.5 Å². The Morgan fingerprint density at radius 1 is 1.22 bits per heavy atom. The molecule has 1 spiro atoms. The summed E-state index contributed by atoms with van der Waals surface area (Å²) in [6, 6.07) is 5.61. The molecule has 1 aliphatic carbocycles. The maximum absolute atomic E-state index is 12.3. The van der Waals surface area contributed by atoms with Gasteiger partial charge in [0.05, 0.1) is 5.69 Å². The highest BCUT2D eigenvalue weighted by Gasteiger charge is 2.40. The van der Waals surface area contributed by atoms with Gasteiger partial charge in [-0.2, -0.15) is 0 Å². The summed E-state index contributed by atoms with van der Waals surface area (Å²) in [5.41, 5.74) is 0.868. The zero-order chi connectivity index (χ0) is 19.5. The lowest BCUT2D eigenvalue weighted by Gasteiger charge is -2.45. The molecule has 1 heterocycles. The van der Waals surface area contributed by atoms with Crippen molar-refractivity contribution >= 4 is 50.9 Å². The fourth-order valence-corrected chi connectivity index (χ4v) is 5.46. The predicted octanol–water partition coefficient (Wildman–Crippen LogP) is 6.22. The summed E-state index contributed by atoms with van der Waals surface area (Å²) < 4.78 is 41.6. The second kappa shape index (κ2) is 8.61. The van der Waals surface area contributed by atoms with E-state index in [1.54, 1.807) is 11.8 Å². The Bertz CT molecular complexity index is 701. The van der Waals surface area contributed by atoms with Crippen LogP contribution in [0.15, 0.2) is 29.3 Å². The van der Waals surface area contributed by atoms with Crippen molar-refractivity contribution in [3.05, 3.63) is 24.3 Å². The van der Waals surface area contributed by atoms with Gasteiger partial charge >= 0.3 is 6.36 Å². The number of nitrogens with zero attached hydrogens (tertiary/aromatic N) is 2. The van der Waals surface area contributed by atoms with Gasteiger partial charge in [0.15, 0.2) is 5.17 Å². The SMILES string of the molecule is CSC(=S)N1CC2(CCCCC2)CSC1=Nc1ccc(OC(F)(F)F)cc1. The molecule has 0 N–H and O–H groups in total. The largest absolute Gasteiger partial charge is 0.573 e. The Kier molecular flexibility index (Phi) is 6.63. The monoisotopic (exact) mass is 434 g/mol. The Labute approximate surface area is 171 Å². The van der Waals surface area contributed by atoms with Gasteiger partial charge in [0.2, 0.25) is 0 Å². The van der Waals surface area contributed by atoms with Crippen LogP contribution in [0.1, 0.15) is 32.1 Å². The van der Waals surface area contributed by atoms with Gasteiger partial charge in [0.25, 0.3) is 0 Å². The minimum atomic E-state index is -4.69. The lowest BCUT2D eigenvalue weighted by atomic mass is 9.75. The molecule has 1 saturated heterocycles. The van der Waals surface area contributed by atoms with Crippen LogP contribution in [0, 0.1) is 5.41 Å². The molecule has 3 rings (SSSR count). The molecule has 0 amide bonds. The smallest absolute Gasteiger partial charge is 0.406 e. The molecule has 148 valence electrons. The van der Waals surface area contributed by atoms with Crippen LogP contribution in [-0.2, 0) is 0 Å². The fourth-order valence-electron chi connectivity index (χ4n) is 3.53. The zero-order valence-electron chi connectivity index (χ0n) is 14.9. The van der Waals surface area contributed by atoms with E-state index in [9.17, 15) is 13.2 Å². The number of rotatable bonds is 2. The van der Waals surface area contributed by atoms with Crippen LogP contribution in [0.25, 0.3) is 0 Å². The molecule has 27 heavy (non-hydrogen) atoms. The summed E-state index contributed by atoms with van der Waals surface area (Å²) >= 11 is 8.76. The average Bonchev–Trinajstić information content (AvgIpc) is 2.64. The topological polar surface area (TPSA) is 24.8 Å². The second-order valence-corrected chi connectivity index (χ2v) is 9.22. The Morgan fingerprint density at radius 3 is 2.48 bits per heavy atom. The van der Waals surface area contributed by atoms with Crippen molar-refractivity contribution in [2.75, 3.05) is 18.6 Å². The summed E-state index contributed by atoms with van der Waals surface area (Å²) in [6.07, 6.45) is 3.50. The molecule has 9 heteroatoms. The molecule has 0 unspecified atom stereocenters. The molecule has 3 nitrogen and oxygen atoms in total. The summed E-state index contributed by atoms with van der Waals surface area (Å²) in [4.78, 5) is 6.75. The number of hydrogen-bond acceptors (Lipinski definition) is 5. The van der Waals surface area contributed by atoms with Crippen molar-refractivity contribution in [1.82, 2.24) is 4.90 Å². The standard InChI is InChI=1S/C18H21F3N2OS3/c1-26-16(25)23-11-17(9-3-2-4-10-17)12-27-15(23)22-13-5-7-14(8-6-13)24-18(19,20)21/h5-8H,2-4,9-12H2,1H3. The lowest BCUT2D eigenvalue weighted by molar-refractivity contribution is -0.274. The van der Waals surface area contributed by atoms with Crippen molar-refractivity contribution < 1.29 is 17.9 Å². The number of thioether (sulfide) groups is 2. The van der Waals surface area contributed by atoms with E-state index in [4.69, 9.17) is 12.2 Å². The molecule has 2 fully saturated rings. The highest BCUT2D eigenvalue weighted by molar-refractivity contribution is 8.23. The molecule has 1 aliphatic heterocycles. The number of halogens is 3. The lowest BCUT2D eigenvalue weighted by Crippen LogP contribution is -2.48. The molecule has 1 saturated carbocycles. The van der Waals surface area contributed by atoms with E-state index >= 15 is 0 Å². The number of alkyl halides is 3. The number of ether oxygens (including phenoxy) is 1. The maximum Gasteiger partial charge on any atom is 0.573 e. The van der Waals surface area contributed by atoms with E-state index in [0.29, 0.717) is 5.69 Å². The molecule has 0 bridgehead atoms.